The molecule has 0 aliphatic carbocycles. The molecule has 6 N–H and O–H groups in total. The van der Waals surface area contributed by atoms with Crippen molar-refractivity contribution >= 4 is 23.6 Å². The highest BCUT2D eigenvalue weighted by atomic mass is 16.4. The first-order chi connectivity index (χ1) is 9.43. The smallest absolute Gasteiger partial charge is 0.339 e. The Kier molecular flexibility index (Phi) is 4.98. The number of anilines is 2. The molecule has 0 atom stereocenters. The Balaban J connectivity index is 0.000000200. The maximum atomic E-state index is 10.3. The first-order valence-electron chi connectivity index (χ1n) is 5.31. The van der Waals surface area contributed by atoms with Gasteiger partial charge in [0, 0.05) is 12.4 Å². The number of nitrogens with two attached hydrogens (primary N) is 2. The van der Waals surface area contributed by atoms with E-state index in [0.29, 0.717) is 0 Å². The molecular weight excluding hydrogens is 264 g/mol. The van der Waals surface area contributed by atoms with Crippen LogP contribution >= 0.6 is 0 Å². The first kappa shape index (κ1) is 14.9. The second-order valence-electron chi connectivity index (χ2n) is 3.48. The molecule has 8 nitrogen and oxygen atoms in total. The number of carboxylic acid groups (broad SMARTS) is 2. The van der Waals surface area contributed by atoms with Crippen LogP contribution in [0.3, 0.4) is 0 Å². The summed E-state index contributed by atoms with van der Waals surface area (Å²) in [4.78, 5) is 27.8. The molecule has 0 aromatic carbocycles. The summed E-state index contributed by atoms with van der Waals surface area (Å²) in [5.74, 6) is -2.00. The van der Waals surface area contributed by atoms with Crippen molar-refractivity contribution in [2.75, 3.05) is 11.5 Å². The Hall–Kier alpha value is -3.16. The van der Waals surface area contributed by atoms with Crippen LogP contribution in [0.15, 0.2) is 36.7 Å². The lowest BCUT2D eigenvalue weighted by atomic mass is 10.3. The molecule has 0 saturated heterocycles. The van der Waals surface area contributed by atoms with Crippen molar-refractivity contribution in [3.8, 4) is 0 Å². The van der Waals surface area contributed by atoms with Crippen LogP contribution in [0.2, 0.25) is 0 Å². The monoisotopic (exact) mass is 276 g/mol. The third-order valence-electron chi connectivity index (χ3n) is 2.14. The van der Waals surface area contributed by atoms with Gasteiger partial charge in [0.25, 0.3) is 0 Å². The molecule has 2 heterocycles. The summed E-state index contributed by atoms with van der Waals surface area (Å²) < 4.78 is 0. The van der Waals surface area contributed by atoms with Gasteiger partial charge in [0.2, 0.25) is 0 Å². The number of aromatic nitrogens is 2. The number of pyridine rings is 2. The van der Waals surface area contributed by atoms with Crippen molar-refractivity contribution in [2.45, 2.75) is 0 Å². The molecule has 0 radical (unpaired) electrons. The molecular formula is C12H12N4O4. The van der Waals surface area contributed by atoms with Gasteiger partial charge >= 0.3 is 11.9 Å². The van der Waals surface area contributed by atoms with E-state index in [9.17, 15) is 9.59 Å². The lowest BCUT2D eigenvalue weighted by molar-refractivity contribution is 0.0686. The minimum Gasteiger partial charge on any atom is -0.478 e. The van der Waals surface area contributed by atoms with Crippen LogP contribution in [-0.4, -0.2) is 32.1 Å². The Bertz CT molecular complexity index is 575. The van der Waals surface area contributed by atoms with Crippen LogP contribution in [0.25, 0.3) is 0 Å². The predicted octanol–water partition coefficient (Wildman–Crippen LogP) is 0.724. The molecule has 104 valence electrons. The Morgan fingerprint density at radius 1 is 0.850 bits per heavy atom. The van der Waals surface area contributed by atoms with Gasteiger partial charge in [-0.05, 0) is 24.3 Å². The SMILES string of the molecule is Nc1ncccc1C(=O)O.Nc1ncccc1C(=O)O. The van der Waals surface area contributed by atoms with Crippen molar-refractivity contribution in [2.24, 2.45) is 0 Å². The molecule has 2 aromatic rings. The zero-order valence-electron chi connectivity index (χ0n) is 10.2. The van der Waals surface area contributed by atoms with E-state index in [1.54, 1.807) is 0 Å². The van der Waals surface area contributed by atoms with Crippen LogP contribution in [-0.2, 0) is 0 Å². The number of nitrogens with zero attached hydrogens (tertiary/aromatic N) is 2. The molecule has 0 aliphatic rings. The molecule has 8 heteroatoms. The largest absolute Gasteiger partial charge is 0.478 e. The van der Waals surface area contributed by atoms with Crippen molar-refractivity contribution in [3.05, 3.63) is 47.8 Å². The Labute approximate surface area is 113 Å². The standard InChI is InChI=1S/2C6H6N2O2/c2*7-5-4(6(9)10)2-1-3-8-5/h2*1-3H,(H2,7,8)(H,9,10). The Morgan fingerprint density at radius 2 is 1.20 bits per heavy atom. The van der Waals surface area contributed by atoms with Gasteiger partial charge in [-0.15, -0.1) is 0 Å². The van der Waals surface area contributed by atoms with E-state index in [-0.39, 0.29) is 22.8 Å². The fourth-order valence-electron chi connectivity index (χ4n) is 1.20. The maximum Gasteiger partial charge on any atom is 0.339 e. The van der Waals surface area contributed by atoms with Gasteiger partial charge in [0.1, 0.15) is 22.8 Å². The van der Waals surface area contributed by atoms with Crippen molar-refractivity contribution in [3.63, 3.8) is 0 Å². The number of carbonyl (C=O) groups is 2. The number of hydrogen-bond acceptors (Lipinski definition) is 6. The van der Waals surface area contributed by atoms with E-state index < -0.39 is 11.9 Å². The number of carboxylic acids is 2. The summed E-state index contributed by atoms with van der Waals surface area (Å²) in [5.41, 5.74) is 10.5. The zero-order chi connectivity index (χ0) is 15.1. The second-order valence-corrected chi connectivity index (χ2v) is 3.48. The molecule has 0 unspecified atom stereocenters. The van der Waals surface area contributed by atoms with E-state index in [2.05, 4.69) is 9.97 Å². The molecule has 0 aliphatic heterocycles. The average Bonchev–Trinajstić information content (AvgIpc) is 2.40. The molecule has 0 bridgehead atoms. The van der Waals surface area contributed by atoms with Gasteiger partial charge in [-0.3, -0.25) is 0 Å². The summed E-state index contributed by atoms with van der Waals surface area (Å²) in [6, 6.07) is 5.87. The normalized spacial score (nSPS) is 9.20. The van der Waals surface area contributed by atoms with E-state index in [1.165, 1.54) is 36.7 Å². The van der Waals surface area contributed by atoms with Gasteiger partial charge in [-0.25, -0.2) is 19.6 Å². The highest BCUT2D eigenvalue weighted by molar-refractivity contribution is 5.92. The Morgan fingerprint density at radius 3 is 1.40 bits per heavy atom. The van der Waals surface area contributed by atoms with Gasteiger partial charge in [-0.2, -0.15) is 0 Å². The molecule has 0 amide bonds. The third-order valence-corrected chi connectivity index (χ3v) is 2.14. The maximum absolute atomic E-state index is 10.3. The van der Waals surface area contributed by atoms with E-state index >= 15 is 0 Å². The molecule has 2 aromatic heterocycles. The van der Waals surface area contributed by atoms with Crippen LogP contribution in [0.1, 0.15) is 20.7 Å². The van der Waals surface area contributed by atoms with Gasteiger partial charge < -0.3 is 21.7 Å². The molecule has 2 rings (SSSR count). The topological polar surface area (TPSA) is 152 Å². The van der Waals surface area contributed by atoms with Crippen molar-refractivity contribution in [1.82, 2.24) is 9.97 Å². The highest BCUT2D eigenvalue weighted by Crippen LogP contribution is 2.05. The van der Waals surface area contributed by atoms with Crippen LogP contribution in [0.4, 0.5) is 11.6 Å². The lowest BCUT2D eigenvalue weighted by Gasteiger charge is -1.95. The van der Waals surface area contributed by atoms with E-state index in [1.807, 2.05) is 0 Å². The third kappa shape index (κ3) is 3.95. The highest BCUT2D eigenvalue weighted by Gasteiger charge is 2.06. The summed E-state index contributed by atoms with van der Waals surface area (Å²) in [7, 11) is 0. The van der Waals surface area contributed by atoms with Gasteiger partial charge in [-0.1, -0.05) is 0 Å². The average molecular weight is 276 g/mol. The van der Waals surface area contributed by atoms with E-state index in [4.69, 9.17) is 21.7 Å². The minimum absolute atomic E-state index is 0.0440. The second kappa shape index (κ2) is 6.69. The fraction of sp³-hybridized carbons (Fsp3) is 0. The predicted molar refractivity (Wildman–Crippen MR) is 71.2 cm³/mol. The van der Waals surface area contributed by atoms with Crippen LogP contribution < -0.4 is 11.5 Å². The number of nitrogen functional groups attached to an aromatic ring is 2. The van der Waals surface area contributed by atoms with E-state index in [0.717, 1.165) is 0 Å². The van der Waals surface area contributed by atoms with Gasteiger partial charge in [0.15, 0.2) is 0 Å². The van der Waals surface area contributed by atoms with Gasteiger partial charge in [0.05, 0.1) is 0 Å². The molecule has 20 heavy (non-hydrogen) atoms. The minimum atomic E-state index is -1.05. The summed E-state index contributed by atoms with van der Waals surface area (Å²) in [5, 5.41) is 16.9. The molecule has 0 saturated carbocycles. The first-order valence-corrected chi connectivity index (χ1v) is 5.31. The zero-order valence-corrected chi connectivity index (χ0v) is 10.2. The number of aromatic carboxylic acids is 2. The summed E-state index contributed by atoms with van der Waals surface area (Å²) >= 11 is 0. The lowest BCUT2D eigenvalue weighted by Crippen LogP contribution is -2.03. The molecule has 0 fully saturated rings. The van der Waals surface area contributed by atoms with Crippen molar-refractivity contribution in [1.29, 1.82) is 0 Å². The molecule has 0 spiro atoms. The van der Waals surface area contributed by atoms with Crippen LogP contribution in [0, 0.1) is 0 Å². The van der Waals surface area contributed by atoms with Crippen LogP contribution in [0.5, 0.6) is 0 Å². The summed E-state index contributed by atoms with van der Waals surface area (Å²) in [6.45, 7) is 0. The number of hydrogen-bond donors (Lipinski definition) is 4. The summed E-state index contributed by atoms with van der Waals surface area (Å²) in [6.07, 6.45) is 2.89. The van der Waals surface area contributed by atoms with Crippen molar-refractivity contribution < 1.29 is 19.8 Å². The fourth-order valence-corrected chi connectivity index (χ4v) is 1.20. The quantitative estimate of drug-likeness (QED) is 0.626. The number of rotatable bonds is 2.